The number of aliphatic hydroxyl groups is 1. The summed E-state index contributed by atoms with van der Waals surface area (Å²) in [6, 6.07) is 9.39. The van der Waals surface area contributed by atoms with Crippen LogP contribution >= 0.6 is 0 Å². The highest BCUT2D eigenvalue weighted by Gasteiger charge is 2.25. The zero-order chi connectivity index (χ0) is 11.4. The van der Waals surface area contributed by atoms with E-state index in [0.717, 1.165) is 24.8 Å². The molecule has 0 radical (unpaired) electrons. The molecule has 16 heavy (non-hydrogen) atoms. The van der Waals surface area contributed by atoms with Gasteiger partial charge in [-0.25, -0.2) is 0 Å². The van der Waals surface area contributed by atoms with Crippen LogP contribution in [0.25, 0.3) is 0 Å². The second-order valence-electron chi connectivity index (χ2n) is 4.30. The largest absolute Gasteiger partial charge is 0.387 e. The van der Waals surface area contributed by atoms with Crippen molar-refractivity contribution in [2.24, 2.45) is 5.92 Å². The van der Waals surface area contributed by atoms with Crippen LogP contribution in [-0.2, 0) is 4.79 Å². The predicted molar refractivity (Wildman–Crippen MR) is 61.8 cm³/mol. The first-order valence-electron chi connectivity index (χ1n) is 5.78. The van der Waals surface area contributed by atoms with Gasteiger partial charge in [0.05, 0.1) is 6.10 Å². The Hall–Kier alpha value is -1.35. The van der Waals surface area contributed by atoms with Crippen molar-refractivity contribution in [3.63, 3.8) is 0 Å². The number of benzene rings is 1. The minimum absolute atomic E-state index is 0.0845. The van der Waals surface area contributed by atoms with Gasteiger partial charge in [-0.3, -0.25) is 4.79 Å². The molecule has 1 saturated carbocycles. The topological polar surface area (TPSA) is 49.3 Å². The molecule has 1 atom stereocenters. The van der Waals surface area contributed by atoms with E-state index in [4.69, 9.17) is 0 Å². The highest BCUT2D eigenvalue weighted by Crippen LogP contribution is 2.26. The lowest BCUT2D eigenvalue weighted by atomic mass is 9.85. The predicted octanol–water partition coefficient (Wildman–Crippen LogP) is 1.64. The Morgan fingerprint density at radius 2 is 2.06 bits per heavy atom. The fourth-order valence-corrected chi connectivity index (χ4v) is 1.81. The first-order chi connectivity index (χ1) is 7.77. The third kappa shape index (κ3) is 2.61. The van der Waals surface area contributed by atoms with Gasteiger partial charge in [-0.1, -0.05) is 36.8 Å². The van der Waals surface area contributed by atoms with Gasteiger partial charge in [0.1, 0.15) is 0 Å². The maximum atomic E-state index is 11.5. The van der Waals surface area contributed by atoms with Crippen molar-refractivity contribution in [3.05, 3.63) is 35.9 Å². The first-order valence-corrected chi connectivity index (χ1v) is 5.78. The lowest BCUT2D eigenvalue weighted by molar-refractivity contribution is -0.127. The fourth-order valence-electron chi connectivity index (χ4n) is 1.81. The molecule has 0 aromatic heterocycles. The van der Waals surface area contributed by atoms with Gasteiger partial charge in [0, 0.05) is 12.5 Å². The smallest absolute Gasteiger partial charge is 0.223 e. The SMILES string of the molecule is O=C(NC[C@H](O)c1ccccc1)C1CCC1. The molecule has 1 aromatic rings. The number of amides is 1. The summed E-state index contributed by atoms with van der Waals surface area (Å²) in [5.41, 5.74) is 0.844. The average Bonchev–Trinajstić information content (AvgIpc) is 2.25. The van der Waals surface area contributed by atoms with Crippen molar-refractivity contribution in [3.8, 4) is 0 Å². The van der Waals surface area contributed by atoms with E-state index < -0.39 is 6.10 Å². The fraction of sp³-hybridized carbons (Fsp3) is 0.462. The van der Waals surface area contributed by atoms with Gasteiger partial charge >= 0.3 is 0 Å². The lowest BCUT2D eigenvalue weighted by Gasteiger charge is -2.24. The number of rotatable bonds is 4. The molecule has 3 nitrogen and oxygen atoms in total. The molecule has 0 spiro atoms. The van der Waals surface area contributed by atoms with Crippen molar-refractivity contribution < 1.29 is 9.90 Å². The Labute approximate surface area is 95.5 Å². The lowest BCUT2D eigenvalue weighted by Crippen LogP contribution is -2.36. The summed E-state index contributed by atoms with van der Waals surface area (Å²) in [4.78, 5) is 11.5. The Morgan fingerprint density at radius 3 is 2.62 bits per heavy atom. The van der Waals surface area contributed by atoms with Crippen LogP contribution in [0.2, 0.25) is 0 Å². The van der Waals surface area contributed by atoms with Gasteiger partial charge in [0.2, 0.25) is 5.91 Å². The molecule has 0 unspecified atom stereocenters. The van der Waals surface area contributed by atoms with Crippen molar-refractivity contribution in [2.75, 3.05) is 6.54 Å². The normalized spacial score (nSPS) is 17.6. The summed E-state index contributed by atoms with van der Waals surface area (Å²) in [6.07, 6.45) is 2.53. The molecule has 2 N–H and O–H groups in total. The van der Waals surface area contributed by atoms with E-state index >= 15 is 0 Å². The number of carbonyl (C=O) groups excluding carboxylic acids is 1. The van der Waals surface area contributed by atoms with Gasteiger partial charge in [-0.15, -0.1) is 0 Å². The Kier molecular flexibility index (Phi) is 3.57. The molecule has 1 amide bonds. The zero-order valence-electron chi connectivity index (χ0n) is 9.23. The second kappa shape index (κ2) is 5.12. The Balaban J connectivity index is 1.79. The van der Waals surface area contributed by atoms with E-state index in [2.05, 4.69) is 5.32 Å². The van der Waals surface area contributed by atoms with Gasteiger partial charge in [0.15, 0.2) is 0 Å². The molecule has 3 heteroatoms. The molecule has 0 bridgehead atoms. The van der Waals surface area contributed by atoms with Crippen LogP contribution in [0.1, 0.15) is 30.9 Å². The number of carbonyl (C=O) groups is 1. The molecule has 0 heterocycles. The maximum absolute atomic E-state index is 11.5. The van der Waals surface area contributed by atoms with Crippen molar-refractivity contribution in [1.29, 1.82) is 0 Å². The molecule has 86 valence electrons. The summed E-state index contributed by atoms with van der Waals surface area (Å²) >= 11 is 0. The Morgan fingerprint density at radius 1 is 1.38 bits per heavy atom. The van der Waals surface area contributed by atoms with E-state index in [-0.39, 0.29) is 11.8 Å². The van der Waals surface area contributed by atoms with E-state index in [1.54, 1.807) is 0 Å². The molecular formula is C13H17NO2. The number of nitrogens with one attached hydrogen (secondary N) is 1. The van der Waals surface area contributed by atoms with Crippen LogP contribution in [0.3, 0.4) is 0 Å². The van der Waals surface area contributed by atoms with Crippen LogP contribution < -0.4 is 5.32 Å². The van der Waals surface area contributed by atoms with Crippen LogP contribution in [0.4, 0.5) is 0 Å². The standard InChI is InChI=1S/C13H17NO2/c15-12(10-5-2-1-3-6-10)9-14-13(16)11-7-4-8-11/h1-3,5-6,11-12,15H,4,7-9H2,(H,14,16)/t12-/m0/s1. The first kappa shape index (κ1) is 11.1. The highest BCUT2D eigenvalue weighted by atomic mass is 16.3. The van der Waals surface area contributed by atoms with Gasteiger partial charge in [-0.2, -0.15) is 0 Å². The number of aliphatic hydroxyl groups excluding tert-OH is 1. The monoisotopic (exact) mass is 219 g/mol. The van der Waals surface area contributed by atoms with Crippen molar-refractivity contribution in [2.45, 2.75) is 25.4 Å². The molecule has 0 saturated heterocycles. The van der Waals surface area contributed by atoms with Gasteiger partial charge in [-0.05, 0) is 18.4 Å². The van der Waals surface area contributed by atoms with E-state index in [1.165, 1.54) is 0 Å². The molecule has 0 aliphatic heterocycles. The van der Waals surface area contributed by atoms with Crippen molar-refractivity contribution >= 4 is 5.91 Å². The van der Waals surface area contributed by atoms with Crippen LogP contribution in [0.5, 0.6) is 0 Å². The average molecular weight is 219 g/mol. The summed E-state index contributed by atoms with van der Waals surface area (Å²) in [6.45, 7) is 0.305. The van der Waals surface area contributed by atoms with Crippen LogP contribution in [-0.4, -0.2) is 17.6 Å². The number of hydrogen-bond acceptors (Lipinski definition) is 2. The van der Waals surface area contributed by atoms with E-state index in [0.29, 0.717) is 6.54 Å². The zero-order valence-corrected chi connectivity index (χ0v) is 9.23. The molecule has 1 fully saturated rings. The molecule has 1 aliphatic carbocycles. The second-order valence-corrected chi connectivity index (χ2v) is 4.30. The summed E-state index contributed by atoms with van der Waals surface area (Å²) in [5, 5.41) is 12.6. The van der Waals surface area contributed by atoms with Gasteiger partial charge < -0.3 is 10.4 Å². The molecule has 1 aliphatic rings. The summed E-state index contributed by atoms with van der Waals surface area (Å²) in [5.74, 6) is 0.268. The van der Waals surface area contributed by atoms with Gasteiger partial charge in [0.25, 0.3) is 0 Å². The molecule has 2 rings (SSSR count). The summed E-state index contributed by atoms with van der Waals surface area (Å²) < 4.78 is 0. The van der Waals surface area contributed by atoms with Crippen molar-refractivity contribution in [1.82, 2.24) is 5.32 Å². The highest BCUT2D eigenvalue weighted by molar-refractivity contribution is 5.79. The minimum atomic E-state index is -0.606. The quantitative estimate of drug-likeness (QED) is 0.808. The van der Waals surface area contributed by atoms with Crippen LogP contribution in [0.15, 0.2) is 30.3 Å². The molecule has 1 aromatic carbocycles. The maximum Gasteiger partial charge on any atom is 0.223 e. The Bertz CT molecular complexity index is 346. The van der Waals surface area contributed by atoms with Crippen LogP contribution in [0, 0.1) is 5.92 Å². The molecular weight excluding hydrogens is 202 g/mol. The van der Waals surface area contributed by atoms with E-state index in [1.807, 2.05) is 30.3 Å². The third-order valence-corrected chi connectivity index (χ3v) is 3.13. The summed E-state index contributed by atoms with van der Waals surface area (Å²) in [7, 11) is 0. The number of hydrogen-bond donors (Lipinski definition) is 2. The van der Waals surface area contributed by atoms with E-state index in [9.17, 15) is 9.90 Å². The minimum Gasteiger partial charge on any atom is -0.387 e. The third-order valence-electron chi connectivity index (χ3n) is 3.13.